The molecule has 1 heterocycles. The minimum Gasteiger partial charge on any atom is -0.398 e. The van der Waals surface area contributed by atoms with Crippen molar-refractivity contribution in [1.29, 1.82) is 0 Å². The number of carbonyl (C=O) groups excluding carboxylic acids is 1. The van der Waals surface area contributed by atoms with Crippen molar-refractivity contribution in [2.75, 3.05) is 5.73 Å². The first-order valence-corrected chi connectivity index (χ1v) is 5.71. The molecule has 0 spiro atoms. The number of aromatic nitrogens is 1. The van der Waals surface area contributed by atoms with Gasteiger partial charge in [-0.3, -0.25) is 9.78 Å². The smallest absolute Gasteiger partial charge is 0.253 e. The molecule has 1 aromatic carbocycles. The second kappa shape index (κ2) is 5.31. The molecule has 0 saturated carbocycles. The van der Waals surface area contributed by atoms with Crippen LogP contribution in [0.1, 0.15) is 21.6 Å². The first-order valence-electron chi connectivity index (χ1n) is 5.71. The lowest BCUT2D eigenvalue weighted by Gasteiger charge is -2.08. The number of carbonyl (C=O) groups is 1. The van der Waals surface area contributed by atoms with Crippen LogP contribution in [0.15, 0.2) is 42.6 Å². The van der Waals surface area contributed by atoms with E-state index in [0.29, 0.717) is 17.8 Å². The van der Waals surface area contributed by atoms with Crippen LogP contribution in [0.5, 0.6) is 0 Å². The van der Waals surface area contributed by atoms with Gasteiger partial charge in [0.1, 0.15) is 0 Å². The molecule has 0 saturated heterocycles. The maximum atomic E-state index is 11.9. The first-order chi connectivity index (χ1) is 8.68. The van der Waals surface area contributed by atoms with Crippen molar-refractivity contribution in [1.82, 2.24) is 10.3 Å². The van der Waals surface area contributed by atoms with E-state index in [9.17, 15) is 4.79 Å². The van der Waals surface area contributed by atoms with Crippen molar-refractivity contribution in [3.05, 3.63) is 59.4 Å². The SMILES string of the molecule is Cc1cccnc1CNC(=O)c1ccccc1N. The van der Waals surface area contributed by atoms with Gasteiger partial charge in [-0.15, -0.1) is 0 Å². The van der Waals surface area contributed by atoms with E-state index in [1.165, 1.54) is 0 Å². The average molecular weight is 241 g/mol. The van der Waals surface area contributed by atoms with Crippen molar-refractivity contribution in [3.8, 4) is 0 Å². The highest BCUT2D eigenvalue weighted by atomic mass is 16.1. The molecule has 0 aliphatic carbocycles. The van der Waals surface area contributed by atoms with Crippen LogP contribution < -0.4 is 11.1 Å². The summed E-state index contributed by atoms with van der Waals surface area (Å²) in [6.45, 7) is 2.37. The van der Waals surface area contributed by atoms with E-state index in [-0.39, 0.29) is 5.91 Å². The third-order valence-corrected chi connectivity index (χ3v) is 2.74. The number of nitrogens with two attached hydrogens (primary N) is 1. The summed E-state index contributed by atoms with van der Waals surface area (Å²) < 4.78 is 0. The fourth-order valence-electron chi connectivity index (χ4n) is 1.67. The largest absolute Gasteiger partial charge is 0.398 e. The molecule has 0 aliphatic heterocycles. The van der Waals surface area contributed by atoms with Crippen LogP contribution in [-0.4, -0.2) is 10.9 Å². The Balaban J connectivity index is 2.06. The van der Waals surface area contributed by atoms with Crippen LogP contribution in [-0.2, 0) is 6.54 Å². The average Bonchev–Trinajstić information content (AvgIpc) is 2.38. The van der Waals surface area contributed by atoms with Gasteiger partial charge in [-0.05, 0) is 30.7 Å². The van der Waals surface area contributed by atoms with Crippen molar-refractivity contribution < 1.29 is 4.79 Å². The molecule has 0 unspecified atom stereocenters. The van der Waals surface area contributed by atoms with Crippen LogP contribution in [0.2, 0.25) is 0 Å². The van der Waals surface area contributed by atoms with Crippen molar-refractivity contribution in [2.24, 2.45) is 0 Å². The second-order valence-corrected chi connectivity index (χ2v) is 4.04. The Morgan fingerprint density at radius 2 is 2.06 bits per heavy atom. The maximum Gasteiger partial charge on any atom is 0.253 e. The Labute approximate surface area is 106 Å². The molecule has 2 rings (SSSR count). The zero-order valence-corrected chi connectivity index (χ0v) is 10.2. The van der Waals surface area contributed by atoms with Gasteiger partial charge in [0.2, 0.25) is 0 Å². The standard InChI is InChI=1S/C14H15N3O/c1-10-5-4-8-16-13(10)9-17-14(18)11-6-2-3-7-12(11)15/h2-8H,9,15H2,1H3,(H,17,18). The molecule has 4 heteroatoms. The predicted octanol–water partition coefficient (Wildman–Crippen LogP) is 1.90. The van der Waals surface area contributed by atoms with Gasteiger partial charge in [-0.1, -0.05) is 18.2 Å². The summed E-state index contributed by atoms with van der Waals surface area (Å²) in [4.78, 5) is 16.2. The van der Waals surface area contributed by atoms with Gasteiger partial charge in [0.05, 0.1) is 17.8 Å². The minimum absolute atomic E-state index is 0.182. The number of nitrogen functional groups attached to an aromatic ring is 1. The number of para-hydroxylation sites is 1. The van der Waals surface area contributed by atoms with Crippen molar-refractivity contribution in [3.63, 3.8) is 0 Å². The number of pyridine rings is 1. The lowest BCUT2D eigenvalue weighted by molar-refractivity contribution is 0.0951. The molecule has 1 amide bonds. The molecule has 0 radical (unpaired) electrons. The highest BCUT2D eigenvalue weighted by molar-refractivity contribution is 5.98. The van der Waals surface area contributed by atoms with E-state index in [1.807, 2.05) is 19.1 Å². The number of nitrogens with one attached hydrogen (secondary N) is 1. The highest BCUT2D eigenvalue weighted by Gasteiger charge is 2.09. The number of anilines is 1. The topological polar surface area (TPSA) is 68.0 Å². The lowest BCUT2D eigenvalue weighted by Crippen LogP contribution is -2.24. The van der Waals surface area contributed by atoms with Crippen LogP contribution >= 0.6 is 0 Å². The van der Waals surface area contributed by atoms with Crippen LogP contribution in [0.25, 0.3) is 0 Å². The van der Waals surface area contributed by atoms with Crippen molar-refractivity contribution in [2.45, 2.75) is 13.5 Å². The minimum atomic E-state index is -0.182. The van der Waals surface area contributed by atoms with Crippen LogP contribution in [0.3, 0.4) is 0 Å². The molecule has 92 valence electrons. The molecule has 3 N–H and O–H groups in total. The molecular weight excluding hydrogens is 226 g/mol. The van der Waals surface area contributed by atoms with E-state index in [2.05, 4.69) is 10.3 Å². The molecule has 0 fully saturated rings. The third kappa shape index (κ3) is 2.66. The normalized spacial score (nSPS) is 10.1. The molecular formula is C14H15N3O. The number of hydrogen-bond acceptors (Lipinski definition) is 3. The predicted molar refractivity (Wildman–Crippen MR) is 71.0 cm³/mol. The lowest BCUT2D eigenvalue weighted by atomic mass is 10.1. The Morgan fingerprint density at radius 3 is 2.78 bits per heavy atom. The Bertz CT molecular complexity index is 566. The molecule has 4 nitrogen and oxygen atoms in total. The zero-order chi connectivity index (χ0) is 13.0. The molecule has 18 heavy (non-hydrogen) atoms. The van der Waals surface area contributed by atoms with E-state index in [1.54, 1.807) is 30.5 Å². The number of rotatable bonds is 3. The summed E-state index contributed by atoms with van der Waals surface area (Å²) in [5.74, 6) is -0.182. The van der Waals surface area contributed by atoms with E-state index >= 15 is 0 Å². The van der Waals surface area contributed by atoms with E-state index < -0.39 is 0 Å². The van der Waals surface area contributed by atoms with Gasteiger partial charge in [-0.2, -0.15) is 0 Å². The summed E-state index contributed by atoms with van der Waals surface area (Å²) in [5.41, 5.74) is 8.63. The van der Waals surface area contributed by atoms with Crippen LogP contribution in [0, 0.1) is 6.92 Å². The van der Waals surface area contributed by atoms with Gasteiger partial charge in [0.25, 0.3) is 5.91 Å². The molecule has 0 aliphatic rings. The number of aryl methyl sites for hydroxylation is 1. The van der Waals surface area contributed by atoms with E-state index in [4.69, 9.17) is 5.73 Å². The summed E-state index contributed by atoms with van der Waals surface area (Å²) >= 11 is 0. The number of amides is 1. The summed E-state index contributed by atoms with van der Waals surface area (Å²) in [7, 11) is 0. The quantitative estimate of drug-likeness (QED) is 0.806. The van der Waals surface area contributed by atoms with Gasteiger partial charge < -0.3 is 11.1 Å². The number of benzene rings is 1. The summed E-state index contributed by atoms with van der Waals surface area (Å²) in [6, 6.07) is 10.8. The highest BCUT2D eigenvalue weighted by Crippen LogP contribution is 2.10. The second-order valence-electron chi connectivity index (χ2n) is 4.04. The Morgan fingerprint density at radius 1 is 1.28 bits per heavy atom. The monoisotopic (exact) mass is 241 g/mol. The Hall–Kier alpha value is -2.36. The molecule has 0 bridgehead atoms. The van der Waals surface area contributed by atoms with Gasteiger partial charge in [0.15, 0.2) is 0 Å². The zero-order valence-electron chi connectivity index (χ0n) is 10.2. The van der Waals surface area contributed by atoms with Crippen LogP contribution in [0.4, 0.5) is 5.69 Å². The Kier molecular flexibility index (Phi) is 3.57. The summed E-state index contributed by atoms with van der Waals surface area (Å²) in [6.07, 6.45) is 1.71. The summed E-state index contributed by atoms with van der Waals surface area (Å²) in [5, 5.41) is 2.82. The molecule has 2 aromatic rings. The number of nitrogens with zero attached hydrogens (tertiary/aromatic N) is 1. The van der Waals surface area contributed by atoms with E-state index in [0.717, 1.165) is 11.3 Å². The fourth-order valence-corrected chi connectivity index (χ4v) is 1.67. The molecule has 1 aromatic heterocycles. The maximum absolute atomic E-state index is 11.9. The number of hydrogen-bond donors (Lipinski definition) is 2. The van der Waals surface area contributed by atoms with Gasteiger partial charge >= 0.3 is 0 Å². The third-order valence-electron chi connectivity index (χ3n) is 2.74. The van der Waals surface area contributed by atoms with Crippen molar-refractivity contribution >= 4 is 11.6 Å². The molecule has 0 atom stereocenters. The van der Waals surface area contributed by atoms with Gasteiger partial charge in [0, 0.05) is 11.9 Å². The fraction of sp³-hybridized carbons (Fsp3) is 0.143. The van der Waals surface area contributed by atoms with Gasteiger partial charge in [-0.25, -0.2) is 0 Å². The first kappa shape index (κ1) is 12.1.